The molecule has 1 aromatic heterocycles. The molecule has 1 aliphatic heterocycles. The summed E-state index contributed by atoms with van der Waals surface area (Å²) in [4.78, 5) is 16.4. The second-order valence-electron chi connectivity index (χ2n) is 4.42. The van der Waals surface area contributed by atoms with Crippen molar-refractivity contribution in [2.24, 2.45) is 0 Å². The third-order valence-corrected chi connectivity index (χ3v) is 3.46. The molecule has 0 spiro atoms. The van der Waals surface area contributed by atoms with Crippen LogP contribution in [0.3, 0.4) is 0 Å². The molecule has 1 fully saturated rings. The predicted octanol–water partition coefficient (Wildman–Crippen LogP) is 2.19. The number of pyridine rings is 1. The first-order valence-electron chi connectivity index (χ1n) is 6.03. The highest BCUT2D eigenvalue weighted by molar-refractivity contribution is 5.25. The summed E-state index contributed by atoms with van der Waals surface area (Å²) < 4.78 is 0. The van der Waals surface area contributed by atoms with Crippen molar-refractivity contribution in [2.75, 3.05) is 19.6 Å². The number of aromatic nitrogens is 1. The molecule has 5 nitrogen and oxygen atoms in total. The molecule has 0 aromatic carbocycles. The quantitative estimate of drug-likeness (QED) is 0.595. The number of hydrogen-bond donors (Lipinski definition) is 0. The molecule has 0 N–H and O–H groups in total. The highest BCUT2D eigenvalue weighted by atomic mass is 16.6. The molecule has 1 aromatic rings. The smallest absolute Gasteiger partial charge is 0.358 e. The lowest BCUT2D eigenvalue weighted by molar-refractivity contribution is -0.389. The van der Waals surface area contributed by atoms with Crippen molar-refractivity contribution < 1.29 is 4.92 Å². The molecule has 0 unspecified atom stereocenters. The van der Waals surface area contributed by atoms with Crippen molar-refractivity contribution in [3.05, 3.63) is 34.0 Å². The van der Waals surface area contributed by atoms with Crippen LogP contribution >= 0.6 is 0 Å². The Kier molecular flexibility index (Phi) is 3.68. The molecule has 0 saturated carbocycles. The van der Waals surface area contributed by atoms with Gasteiger partial charge in [-0.3, -0.25) is 0 Å². The van der Waals surface area contributed by atoms with Gasteiger partial charge in [-0.1, -0.05) is 6.92 Å². The van der Waals surface area contributed by atoms with Gasteiger partial charge in [-0.05, 0) is 59.9 Å². The number of nitro groups is 1. The molecule has 1 saturated heterocycles. The van der Waals surface area contributed by atoms with E-state index in [2.05, 4.69) is 16.8 Å². The monoisotopic (exact) mass is 235 g/mol. The van der Waals surface area contributed by atoms with Gasteiger partial charge in [0.05, 0.1) is 0 Å². The van der Waals surface area contributed by atoms with Gasteiger partial charge in [0, 0.05) is 6.07 Å². The van der Waals surface area contributed by atoms with Gasteiger partial charge >= 0.3 is 5.82 Å². The molecule has 0 radical (unpaired) electrons. The molecule has 2 rings (SSSR count). The van der Waals surface area contributed by atoms with Gasteiger partial charge in [0.2, 0.25) is 0 Å². The normalized spacial score (nSPS) is 18.2. The SMILES string of the molecule is CCN1CCC(c2ccc([N+](=O)[O-])nc2)CC1. The van der Waals surface area contributed by atoms with Gasteiger partial charge in [0.1, 0.15) is 6.20 Å². The molecule has 92 valence electrons. The number of hydrogen-bond acceptors (Lipinski definition) is 4. The zero-order valence-electron chi connectivity index (χ0n) is 10.0. The van der Waals surface area contributed by atoms with Gasteiger partial charge in [0.25, 0.3) is 0 Å². The lowest BCUT2D eigenvalue weighted by Gasteiger charge is -2.30. The molecule has 5 heteroatoms. The zero-order chi connectivity index (χ0) is 12.3. The topological polar surface area (TPSA) is 59.3 Å². The van der Waals surface area contributed by atoms with Crippen LogP contribution in [0.1, 0.15) is 31.2 Å². The van der Waals surface area contributed by atoms with E-state index in [4.69, 9.17) is 0 Å². The summed E-state index contributed by atoms with van der Waals surface area (Å²) in [6.45, 7) is 5.50. The molecule has 0 atom stereocenters. The maximum absolute atomic E-state index is 10.5. The summed E-state index contributed by atoms with van der Waals surface area (Å²) in [5, 5.41) is 10.5. The van der Waals surface area contributed by atoms with Crippen molar-refractivity contribution >= 4 is 5.82 Å². The third kappa shape index (κ3) is 2.79. The van der Waals surface area contributed by atoms with Crippen LogP contribution in [0.25, 0.3) is 0 Å². The summed E-state index contributed by atoms with van der Waals surface area (Å²) in [5.41, 5.74) is 1.13. The van der Waals surface area contributed by atoms with Crippen molar-refractivity contribution in [2.45, 2.75) is 25.7 Å². The molecule has 17 heavy (non-hydrogen) atoms. The van der Waals surface area contributed by atoms with Gasteiger partial charge in [-0.25, -0.2) is 0 Å². The Labute approximate surface area is 101 Å². The highest BCUT2D eigenvalue weighted by Gasteiger charge is 2.21. The number of nitrogens with zero attached hydrogens (tertiary/aromatic N) is 3. The van der Waals surface area contributed by atoms with Crippen LogP contribution in [0.4, 0.5) is 5.82 Å². The fraction of sp³-hybridized carbons (Fsp3) is 0.583. The Bertz CT molecular complexity index is 383. The van der Waals surface area contributed by atoms with E-state index < -0.39 is 4.92 Å². The number of rotatable bonds is 3. The van der Waals surface area contributed by atoms with E-state index in [-0.39, 0.29) is 5.82 Å². The zero-order valence-corrected chi connectivity index (χ0v) is 10.0. The van der Waals surface area contributed by atoms with E-state index >= 15 is 0 Å². The lowest BCUT2D eigenvalue weighted by Crippen LogP contribution is -2.32. The molecule has 1 aliphatic rings. The van der Waals surface area contributed by atoms with E-state index in [9.17, 15) is 10.1 Å². The van der Waals surface area contributed by atoms with Crippen LogP contribution in [0.15, 0.2) is 18.3 Å². The molecule has 0 aliphatic carbocycles. The second kappa shape index (κ2) is 5.23. The summed E-state index contributed by atoms with van der Waals surface area (Å²) in [5.74, 6) is 0.436. The summed E-state index contributed by atoms with van der Waals surface area (Å²) >= 11 is 0. The van der Waals surface area contributed by atoms with Crippen LogP contribution < -0.4 is 0 Å². The minimum atomic E-state index is -0.455. The number of piperidine rings is 1. The molecular weight excluding hydrogens is 218 g/mol. The maximum atomic E-state index is 10.5. The second-order valence-corrected chi connectivity index (χ2v) is 4.42. The molecule has 0 amide bonds. The summed E-state index contributed by atoms with van der Waals surface area (Å²) in [6.07, 6.45) is 3.89. The minimum absolute atomic E-state index is 0.0697. The summed E-state index contributed by atoms with van der Waals surface area (Å²) in [6, 6.07) is 3.35. The van der Waals surface area contributed by atoms with Crippen molar-refractivity contribution in [3.8, 4) is 0 Å². The van der Waals surface area contributed by atoms with Gasteiger partial charge < -0.3 is 15.0 Å². The van der Waals surface area contributed by atoms with Crippen molar-refractivity contribution in [1.29, 1.82) is 0 Å². The van der Waals surface area contributed by atoms with Crippen LogP contribution in [0, 0.1) is 10.1 Å². The van der Waals surface area contributed by atoms with Crippen LogP contribution in [0.5, 0.6) is 0 Å². The first kappa shape index (κ1) is 12.0. The largest absolute Gasteiger partial charge is 0.363 e. The Morgan fingerprint density at radius 1 is 1.47 bits per heavy atom. The summed E-state index contributed by atoms with van der Waals surface area (Å²) in [7, 11) is 0. The van der Waals surface area contributed by atoms with E-state index in [1.807, 2.05) is 6.07 Å². The van der Waals surface area contributed by atoms with E-state index in [0.717, 1.165) is 38.0 Å². The van der Waals surface area contributed by atoms with Crippen molar-refractivity contribution in [3.63, 3.8) is 0 Å². The van der Waals surface area contributed by atoms with E-state index in [0.29, 0.717) is 5.92 Å². The molecule has 0 bridgehead atoms. The fourth-order valence-corrected chi connectivity index (χ4v) is 2.33. The maximum Gasteiger partial charge on any atom is 0.363 e. The third-order valence-electron chi connectivity index (χ3n) is 3.46. The fourth-order valence-electron chi connectivity index (χ4n) is 2.33. The Morgan fingerprint density at radius 3 is 2.65 bits per heavy atom. The first-order valence-corrected chi connectivity index (χ1v) is 6.03. The lowest BCUT2D eigenvalue weighted by atomic mass is 9.90. The van der Waals surface area contributed by atoms with E-state index in [1.165, 1.54) is 6.07 Å². The number of likely N-dealkylation sites (tertiary alicyclic amines) is 1. The Balaban J connectivity index is 2.01. The average Bonchev–Trinajstić information content (AvgIpc) is 2.39. The van der Waals surface area contributed by atoms with Crippen LogP contribution in [-0.4, -0.2) is 34.4 Å². The van der Waals surface area contributed by atoms with Crippen molar-refractivity contribution in [1.82, 2.24) is 9.88 Å². The van der Waals surface area contributed by atoms with Crippen LogP contribution in [0.2, 0.25) is 0 Å². The molecule has 2 heterocycles. The van der Waals surface area contributed by atoms with Gasteiger partial charge in [0.15, 0.2) is 0 Å². The van der Waals surface area contributed by atoms with Crippen LogP contribution in [-0.2, 0) is 0 Å². The minimum Gasteiger partial charge on any atom is -0.358 e. The Hall–Kier alpha value is -1.49. The first-order chi connectivity index (χ1) is 8.20. The van der Waals surface area contributed by atoms with Gasteiger partial charge in [-0.15, -0.1) is 0 Å². The average molecular weight is 235 g/mol. The highest BCUT2D eigenvalue weighted by Crippen LogP contribution is 2.27. The Morgan fingerprint density at radius 2 is 2.18 bits per heavy atom. The standard InChI is InChI=1S/C12H17N3O2/c1-2-14-7-5-10(6-8-14)11-3-4-12(13-9-11)15(16)17/h3-4,9-10H,2,5-8H2,1H3. The van der Waals surface area contributed by atoms with Gasteiger partial charge in [-0.2, -0.15) is 0 Å². The van der Waals surface area contributed by atoms with E-state index in [1.54, 1.807) is 6.20 Å². The predicted molar refractivity (Wildman–Crippen MR) is 65.0 cm³/mol. The molecular formula is C12H17N3O2.